The van der Waals surface area contributed by atoms with Crippen molar-refractivity contribution in [1.82, 2.24) is 4.57 Å². The van der Waals surface area contributed by atoms with E-state index in [0.29, 0.717) is 17.5 Å². The number of phenols is 1. The molecule has 0 aliphatic carbocycles. The Morgan fingerprint density at radius 2 is 1.96 bits per heavy atom. The molecule has 0 fully saturated rings. The predicted octanol–water partition coefficient (Wildman–Crippen LogP) is 2.84. The van der Waals surface area contributed by atoms with Gasteiger partial charge in [-0.3, -0.25) is 4.79 Å². The van der Waals surface area contributed by atoms with Crippen molar-refractivity contribution < 1.29 is 19.4 Å². The van der Waals surface area contributed by atoms with Gasteiger partial charge in [0.1, 0.15) is 5.75 Å². The molecular formula is C19H18N2O4. The average molecular weight is 338 g/mol. The molecule has 25 heavy (non-hydrogen) atoms. The van der Waals surface area contributed by atoms with Gasteiger partial charge >= 0.3 is 0 Å². The summed E-state index contributed by atoms with van der Waals surface area (Å²) >= 11 is 0. The number of amides is 1. The highest BCUT2D eigenvalue weighted by Crippen LogP contribution is 2.35. The summed E-state index contributed by atoms with van der Waals surface area (Å²) in [5.41, 5.74) is 9.41. The van der Waals surface area contributed by atoms with Crippen molar-refractivity contribution in [2.45, 2.75) is 20.4 Å². The summed E-state index contributed by atoms with van der Waals surface area (Å²) in [6.45, 7) is 4.47. The minimum Gasteiger partial charge on any atom is -0.508 e. The first-order valence-corrected chi connectivity index (χ1v) is 7.96. The first kappa shape index (κ1) is 15.4. The van der Waals surface area contributed by atoms with E-state index in [4.69, 9.17) is 15.2 Å². The van der Waals surface area contributed by atoms with E-state index in [1.807, 2.05) is 42.7 Å². The van der Waals surface area contributed by atoms with Crippen LogP contribution in [0.25, 0.3) is 10.9 Å². The number of hydrogen-bond acceptors (Lipinski definition) is 4. The molecule has 3 N–H and O–H groups in total. The number of aromatic hydroxyl groups is 1. The SMILES string of the molecule is Cc1cc2c(cc1O)c(C(N)=O)c(C)n2Cc1ccc2c(c1)OCO2. The fraction of sp³-hybridized carbons (Fsp3) is 0.211. The molecule has 0 bridgehead atoms. The van der Waals surface area contributed by atoms with E-state index in [1.54, 1.807) is 6.07 Å². The van der Waals surface area contributed by atoms with Crippen LogP contribution in [-0.4, -0.2) is 22.4 Å². The third-order valence-electron chi connectivity index (χ3n) is 4.67. The summed E-state index contributed by atoms with van der Waals surface area (Å²) in [7, 11) is 0. The van der Waals surface area contributed by atoms with E-state index in [0.717, 1.165) is 33.8 Å². The third kappa shape index (κ3) is 2.38. The van der Waals surface area contributed by atoms with Gasteiger partial charge in [0.15, 0.2) is 11.5 Å². The summed E-state index contributed by atoms with van der Waals surface area (Å²) in [6.07, 6.45) is 0. The van der Waals surface area contributed by atoms with Gasteiger partial charge in [0.05, 0.1) is 5.56 Å². The van der Waals surface area contributed by atoms with Crippen molar-refractivity contribution in [2.75, 3.05) is 6.79 Å². The van der Waals surface area contributed by atoms with Gasteiger partial charge in [-0.2, -0.15) is 0 Å². The smallest absolute Gasteiger partial charge is 0.251 e. The molecule has 0 unspecified atom stereocenters. The van der Waals surface area contributed by atoms with Gasteiger partial charge in [0, 0.05) is 23.1 Å². The molecule has 6 nitrogen and oxygen atoms in total. The fourth-order valence-corrected chi connectivity index (χ4v) is 3.35. The number of primary amides is 1. The van der Waals surface area contributed by atoms with Gasteiger partial charge in [-0.15, -0.1) is 0 Å². The lowest BCUT2D eigenvalue weighted by Crippen LogP contribution is -2.13. The first-order valence-electron chi connectivity index (χ1n) is 7.96. The van der Waals surface area contributed by atoms with E-state index < -0.39 is 5.91 Å². The molecule has 3 aromatic rings. The lowest BCUT2D eigenvalue weighted by atomic mass is 10.1. The maximum Gasteiger partial charge on any atom is 0.251 e. The zero-order chi connectivity index (χ0) is 17.7. The Morgan fingerprint density at radius 3 is 2.72 bits per heavy atom. The lowest BCUT2D eigenvalue weighted by molar-refractivity contribution is 0.100. The molecule has 1 aliphatic heterocycles. The zero-order valence-corrected chi connectivity index (χ0v) is 14.0. The number of ether oxygens (including phenoxy) is 2. The Bertz CT molecular complexity index is 1020. The maximum absolute atomic E-state index is 11.9. The summed E-state index contributed by atoms with van der Waals surface area (Å²) in [5, 5.41) is 10.7. The van der Waals surface area contributed by atoms with Gasteiger partial charge in [-0.1, -0.05) is 6.07 Å². The molecule has 128 valence electrons. The minimum absolute atomic E-state index is 0.148. The van der Waals surface area contributed by atoms with E-state index >= 15 is 0 Å². The van der Waals surface area contributed by atoms with Crippen LogP contribution >= 0.6 is 0 Å². The molecule has 1 aromatic heterocycles. The van der Waals surface area contributed by atoms with Crippen molar-refractivity contribution in [3.63, 3.8) is 0 Å². The number of nitrogens with zero attached hydrogens (tertiary/aromatic N) is 1. The molecule has 0 spiro atoms. The zero-order valence-electron chi connectivity index (χ0n) is 14.0. The Hall–Kier alpha value is -3.15. The highest BCUT2D eigenvalue weighted by Gasteiger charge is 2.20. The Morgan fingerprint density at radius 1 is 1.20 bits per heavy atom. The summed E-state index contributed by atoms with van der Waals surface area (Å²) in [5.74, 6) is 1.09. The molecule has 1 amide bonds. The minimum atomic E-state index is -0.504. The predicted molar refractivity (Wildman–Crippen MR) is 93.3 cm³/mol. The van der Waals surface area contributed by atoms with E-state index in [-0.39, 0.29) is 12.5 Å². The number of fused-ring (bicyclic) bond motifs is 2. The van der Waals surface area contributed by atoms with Gasteiger partial charge < -0.3 is 24.9 Å². The second-order valence-electron chi connectivity index (χ2n) is 6.25. The van der Waals surface area contributed by atoms with E-state index in [1.165, 1.54) is 0 Å². The number of benzene rings is 2. The van der Waals surface area contributed by atoms with Crippen LogP contribution in [0.1, 0.15) is 27.2 Å². The van der Waals surface area contributed by atoms with Crippen LogP contribution in [0.15, 0.2) is 30.3 Å². The van der Waals surface area contributed by atoms with Crippen molar-refractivity contribution >= 4 is 16.8 Å². The molecule has 0 radical (unpaired) electrons. The van der Waals surface area contributed by atoms with Gasteiger partial charge in [-0.05, 0) is 49.2 Å². The number of carbonyl (C=O) groups is 1. The van der Waals surface area contributed by atoms with E-state index in [9.17, 15) is 9.90 Å². The third-order valence-corrected chi connectivity index (χ3v) is 4.67. The normalized spacial score (nSPS) is 12.7. The standard InChI is InChI=1S/C19H18N2O4/c1-10-5-14-13(7-15(10)22)18(19(20)23)11(2)21(14)8-12-3-4-16-17(6-12)25-9-24-16/h3-7,22H,8-9H2,1-2H3,(H2,20,23). The van der Waals surface area contributed by atoms with Gasteiger partial charge in [0.2, 0.25) is 6.79 Å². The molecule has 2 heterocycles. The van der Waals surface area contributed by atoms with Crippen LogP contribution in [0.2, 0.25) is 0 Å². The molecule has 0 saturated carbocycles. The molecular weight excluding hydrogens is 320 g/mol. The van der Waals surface area contributed by atoms with Crippen LogP contribution in [0.3, 0.4) is 0 Å². The quantitative estimate of drug-likeness (QED) is 0.769. The number of rotatable bonds is 3. The summed E-state index contributed by atoms with van der Waals surface area (Å²) < 4.78 is 12.8. The monoisotopic (exact) mass is 338 g/mol. The second-order valence-corrected chi connectivity index (χ2v) is 6.25. The summed E-state index contributed by atoms with van der Waals surface area (Å²) in [4.78, 5) is 11.9. The van der Waals surface area contributed by atoms with Crippen molar-refractivity contribution in [3.8, 4) is 17.2 Å². The molecule has 0 saturated heterocycles. The lowest BCUT2D eigenvalue weighted by Gasteiger charge is -2.10. The molecule has 6 heteroatoms. The Labute approximate surface area is 144 Å². The van der Waals surface area contributed by atoms with Crippen LogP contribution < -0.4 is 15.2 Å². The average Bonchev–Trinajstić information content (AvgIpc) is 3.12. The van der Waals surface area contributed by atoms with Gasteiger partial charge in [-0.25, -0.2) is 0 Å². The number of aryl methyl sites for hydroxylation is 1. The first-order chi connectivity index (χ1) is 12.0. The number of phenolic OH excluding ortho intramolecular Hbond substituents is 1. The highest BCUT2D eigenvalue weighted by molar-refractivity contribution is 6.08. The van der Waals surface area contributed by atoms with Crippen LogP contribution in [0.5, 0.6) is 17.2 Å². The number of carbonyl (C=O) groups excluding carboxylic acids is 1. The van der Waals surface area contributed by atoms with Crippen molar-refractivity contribution in [2.24, 2.45) is 5.73 Å². The molecule has 0 atom stereocenters. The second kappa shape index (κ2) is 5.44. The Balaban J connectivity index is 1.88. The van der Waals surface area contributed by atoms with Crippen molar-refractivity contribution in [1.29, 1.82) is 0 Å². The van der Waals surface area contributed by atoms with Gasteiger partial charge in [0.25, 0.3) is 5.91 Å². The topological polar surface area (TPSA) is 86.7 Å². The Kier molecular flexibility index (Phi) is 3.35. The van der Waals surface area contributed by atoms with Crippen LogP contribution in [-0.2, 0) is 6.54 Å². The number of nitrogens with two attached hydrogens (primary N) is 1. The number of aromatic nitrogens is 1. The highest BCUT2D eigenvalue weighted by atomic mass is 16.7. The van der Waals surface area contributed by atoms with Crippen molar-refractivity contribution in [3.05, 3.63) is 52.7 Å². The fourth-order valence-electron chi connectivity index (χ4n) is 3.35. The molecule has 4 rings (SSSR count). The number of hydrogen-bond donors (Lipinski definition) is 2. The van der Waals surface area contributed by atoms with Crippen LogP contribution in [0, 0.1) is 13.8 Å². The molecule has 1 aliphatic rings. The van der Waals surface area contributed by atoms with E-state index in [2.05, 4.69) is 0 Å². The largest absolute Gasteiger partial charge is 0.508 e. The maximum atomic E-state index is 11.9. The molecule has 2 aromatic carbocycles. The summed E-state index contributed by atoms with van der Waals surface area (Å²) in [6, 6.07) is 9.26. The van der Waals surface area contributed by atoms with Crippen LogP contribution in [0.4, 0.5) is 0 Å².